The van der Waals surface area contributed by atoms with Gasteiger partial charge in [-0.2, -0.15) is 11.8 Å². The Kier molecular flexibility index (Phi) is 4.95. The second-order valence-corrected chi connectivity index (χ2v) is 7.44. The molecule has 2 aliphatic rings. The van der Waals surface area contributed by atoms with E-state index in [2.05, 4.69) is 40.2 Å². The van der Waals surface area contributed by atoms with Gasteiger partial charge in [-0.05, 0) is 42.0 Å². The summed E-state index contributed by atoms with van der Waals surface area (Å²) >= 11 is 5.52. The predicted octanol–water partition coefficient (Wildman–Crippen LogP) is 4.41. The van der Waals surface area contributed by atoms with Crippen LogP contribution in [0, 0.1) is 0 Å². The van der Waals surface area contributed by atoms with Crippen LogP contribution in [-0.4, -0.2) is 29.8 Å². The Bertz CT molecular complexity index is 423. The fourth-order valence-electron chi connectivity index (χ4n) is 3.02. The minimum absolute atomic E-state index is 0.101. The third kappa shape index (κ3) is 3.52. The highest BCUT2D eigenvalue weighted by atomic mass is 79.9. The largest absolute Gasteiger partial charge is 0.490 e. The van der Waals surface area contributed by atoms with Crippen LogP contribution >= 0.6 is 27.7 Å². The van der Waals surface area contributed by atoms with E-state index in [1.54, 1.807) is 0 Å². The van der Waals surface area contributed by atoms with E-state index >= 15 is 0 Å². The fraction of sp³-hybridized carbons (Fsp3) is 0.625. The minimum atomic E-state index is 0.101. The molecular formula is C16H21BrO2S. The molecule has 0 bridgehead atoms. The van der Waals surface area contributed by atoms with Gasteiger partial charge < -0.3 is 9.47 Å². The summed E-state index contributed by atoms with van der Waals surface area (Å²) in [6.45, 7) is 0.842. The molecule has 1 spiro atoms. The standard InChI is InChI=1S/C16H21BrO2S/c17-12-13-1-3-14(4-2-13)19-15-5-8-18-16(11-15)6-9-20-10-7-16/h1-4,15H,5-12H2. The molecule has 2 heterocycles. The van der Waals surface area contributed by atoms with Crippen molar-refractivity contribution in [2.45, 2.75) is 42.7 Å². The molecule has 110 valence electrons. The first-order valence-electron chi connectivity index (χ1n) is 7.33. The van der Waals surface area contributed by atoms with Gasteiger partial charge in [0.05, 0.1) is 12.2 Å². The molecule has 0 radical (unpaired) electrons. The Morgan fingerprint density at radius 2 is 2.00 bits per heavy atom. The van der Waals surface area contributed by atoms with E-state index in [9.17, 15) is 0 Å². The number of hydrogen-bond donors (Lipinski definition) is 0. The molecule has 1 atom stereocenters. The lowest BCUT2D eigenvalue weighted by molar-refractivity contribution is -0.116. The molecule has 1 aromatic carbocycles. The van der Waals surface area contributed by atoms with Crippen molar-refractivity contribution < 1.29 is 9.47 Å². The summed E-state index contributed by atoms with van der Waals surface area (Å²) in [5, 5.41) is 0.894. The van der Waals surface area contributed by atoms with Gasteiger partial charge in [0.15, 0.2) is 0 Å². The molecule has 0 aromatic heterocycles. The van der Waals surface area contributed by atoms with E-state index < -0.39 is 0 Å². The third-order valence-electron chi connectivity index (χ3n) is 4.23. The number of hydrogen-bond acceptors (Lipinski definition) is 3. The number of halogens is 1. The minimum Gasteiger partial charge on any atom is -0.490 e. The van der Waals surface area contributed by atoms with E-state index in [1.165, 1.54) is 29.9 Å². The van der Waals surface area contributed by atoms with Crippen molar-refractivity contribution in [3.8, 4) is 5.75 Å². The summed E-state index contributed by atoms with van der Waals surface area (Å²) in [6.07, 6.45) is 4.73. The molecular weight excluding hydrogens is 336 g/mol. The first kappa shape index (κ1) is 14.7. The third-order valence-corrected chi connectivity index (χ3v) is 5.87. The molecule has 1 aromatic rings. The topological polar surface area (TPSA) is 18.5 Å². The van der Waals surface area contributed by atoms with E-state index in [0.717, 1.165) is 30.5 Å². The van der Waals surface area contributed by atoms with Crippen molar-refractivity contribution in [1.82, 2.24) is 0 Å². The molecule has 4 heteroatoms. The van der Waals surface area contributed by atoms with Crippen molar-refractivity contribution >= 4 is 27.7 Å². The molecule has 0 N–H and O–H groups in total. The van der Waals surface area contributed by atoms with Gasteiger partial charge in [0.25, 0.3) is 0 Å². The second kappa shape index (κ2) is 6.71. The Balaban J connectivity index is 1.61. The monoisotopic (exact) mass is 356 g/mol. The van der Waals surface area contributed by atoms with Crippen LogP contribution < -0.4 is 4.74 Å². The Morgan fingerprint density at radius 1 is 1.25 bits per heavy atom. The quantitative estimate of drug-likeness (QED) is 0.747. The molecule has 0 aliphatic carbocycles. The van der Waals surface area contributed by atoms with Gasteiger partial charge in [0.1, 0.15) is 11.9 Å². The lowest BCUT2D eigenvalue weighted by Crippen LogP contribution is -2.46. The lowest BCUT2D eigenvalue weighted by Gasteiger charge is -2.43. The van der Waals surface area contributed by atoms with Crippen LogP contribution in [0.25, 0.3) is 0 Å². The molecule has 2 fully saturated rings. The van der Waals surface area contributed by atoms with Crippen molar-refractivity contribution in [1.29, 1.82) is 0 Å². The molecule has 3 rings (SSSR count). The number of alkyl halides is 1. The zero-order valence-corrected chi connectivity index (χ0v) is 14.0. The van der Waals surface area contributed by atoms with Crippen molar-refractivity contribution in [3.63, 3.8) is 0 Å². The summed E-state index contributed by atoms with van der Waals surface area (Å²) in [5.41, 5.74) is 1.38. The van der Waals surface area contributed by atoms with Crippen LogP contribution in [0.15, 0.2) is 24.3 Å². The van der Waals surface area contributed by atoms with Crippen LogP contribution in [0.3, 0.4) is 0 Å². The zero-order valence-electron chi connectivity index (χ0n) is 11.6. The van der Waals surface area contributed by atoms with Crippen LogP contribution in [0.2, 0.25) is 0 Å². The smallest absolute Gasteiger partial charge is 0.119 e. The molecule has 20 heavy (non-hydrogen) atoms. The van der Waals surface area contributed by atoms with Gasteiger partial charge in [-0.25, -0.2) is 0 Å². The highest BCUT2D eigenvalue weighted by Gasteiger charge is 2.39. The highest BCUT2D eigenvalue weighted by molar-refractivity contribution is 9.08. The predicted molar refractivity (Wildman–Crippen MR) is 88.0 cm³/mol. The zero-order chi connectivity index (χ0) is 13.8. The van der Waals surface area contributed by atoms with Gasteiger partial charge in [-0.1, -0.05) is 28.1 Å². The summed E-state index contributed by atoms with van der Waals surface area (Å²) < 4.78 is 12.3. The van der Waals surface area contributed by atoms with Gasteiger partial charge in [0.2, 0.25) is 0 Å². The van der Waals surface area contributed by atoms with E-state index in [1.807, 2.05) is 11.8 Å². The molecule has 2 nitrogen and oxygen atoms in total. The van der Waals surface area contributed by atoms with E-state index in [-0.39, 0.29) is 5.60 Å². The average Bonchev–Trinajstić information content (AvgIpc) is 2.49. The number of rotatable bonds is 3. The lowest BCUT2D eigenvalue weighted by atomic mass is 9.86. The molecule has 0 saturated carbocycles. The van der Waals surface area contributed by atoms with Crippen LogP contribution in [0.5, 0.6) is 5.75 Å². The Hall–Kier alpha value is -0.190. The fourth-order valence-corrected chi connectivity index (χ4v) is 4.64. The maximum atomic E-state index is 6.18. The summed E-state index contributed by atoms with van der Waals surface area (Å²) in [4.78, 5) is 0. The number of ether oxygens (including phenoxy) is 2. The van der Waals surface area contributed by atoms with E-state index in [4.69, 9.17) is 9.47 Å². The summed E-state index contributed by atoms with van der Waals surface area (Å²) in [5.74, 6) is 3.45. The molecule has 2 aliphatic heterocycles. The van der Waals surface area contributed by atoms with E-state index in [0.29, 0.717) is 6.10 Å². The molecule has 2 saturated heterocycles. The Morgan fingerprint density at radius 3 is 2.70 bits per heavy atom. The second-order valence-electron chi connectivity index (χ2n) is 5.65. The highest BCUT2D eigenvalue weighted by Crippen LogP contribution is 2.38. The van der Waals surface area contributed by atoms with Gasteiger partial charge in [0, 0.05) is 18.2 Å². The summed E-state index contributed by atoms with van der Waals surface area (Å²) in [6, 6.07) is 8.40. The van der Waals surface area contributed by atoms with Gasteiger partial charge >= 0.3 is 0 Å². The van der Waals surface area contributed by atoms with Crippen LogP contribution in [-0.2, 0) is 10.1 Å². The normalized spacial score (nSPS) is 25.6. The van der Waals surface area contributed by atoms with Crippen LogP contribution in [0.4, 0.5) is 0 Å². The Labute approximate surface area is 133 Å². The summed E-state index contributed by atoms with van der Waals surface area (Å²) in [7, 11) is 0. The molecule has 1 unspecified atom stereocenters. The first-order chi connectivity index (χ1) is 9.80. The van der Waals surface area contributed by atoms with Crippen molar-refractivity contribution in [3.05, 3.63) is 29.8 Å². The van der Waals surface area contributed by atoms with Gasteiger partial charge in [-0.3, -0.25) is 0 Å². The first-order valence-corrected chi connectivity index (χ1v) is 9.61. The average molecular weight is 357 g/mol. The van der Waals surface area contributed by atoms with Gasteiger partial charge in [-0.15, -0.1) is 0 Å². The van der Waals surface area contributed by atoms with Crippen molar-refractivity contribution in [2.24, 2.45) is 0 Å². The van der Waals surface area contributed by atoms with Crippen molar-refractivity contribution in [2.75, 3.05) is 18.1 Å². The van der Waals surface area contributed by atoms with Crippen LogP contribution in [0.1, 0.15) is 31.2 Å². The maximum absolute atomic E-state index is 6.18. The maximum Gasteiger partial charge on any atom is 0.119 e. The number of thioether (sulfide) groups is 1. The SMILES string of the molecule is BrCc1ccc(OC2CCOC3(CCSCC3)C2)cc1. The molecule has 0 amide bonds. The number of benzene rings is 1.